The Morgan fingerprint density at radius 3 is 2.80 bits per heavy atom. The van der Waals surface area contributed by atoms with Crippen LogP contribution in [0.5, 0.6) is 0 Å². The zero-order valence-electron chi connectivity index (χ0n) is 8.45. The predicted octanol–water partition coefficient (Wildman–Crippen LogP) is 0.335. The zero-order valence-corrected chi connectivity index (χ0v) is 8.45. The summed E-state index contributed by atoms with van der Waals surface area (Å²) in [7, 11) is 0. The maximum atomic E-state index is 11.7. The molecule has 1 aromatic rings. The summed E-state index contributed by atoms with van der Waals surface area (Å²) in [4.78, 5) is 19.5. The highest BCUT2D eigenvalue weighted by atomic mass is 16.1. The Hall–Kier alpha value is -1.75. The van der Waals surface area contributed by atoms with Crippen molar-refractivity contribution in [2.75, 3.05) is 18.4 Å². The number of hydrogen-bond acceptors (Lipinski definition) is 4. The maximum absolute atomic E-state index is 11.7. The van der Waals surface area contributed by atoms with Gasteiger partial charge in [0.2, 0.25) is 0 Å². The van der Waals surface area contributed by atoms with Gasteiger partial charge in [-0.05, 0) is 12.5 Å². The van der Waals surface area contributed by atoms with E-state index >= 15 is 0 Å². The fraction of sp³-hybridized carbons (Fsp3) is 0.300. The van der Waals surface area contributed by atoms with E-state index in [1.54, 1.807) is 12.4 Å². The highest BCUT2D eigenvalue weighted by Gasteiger charge is 2.16. The van der Waals surface area contributed by atoms with Gasteiger partial charge in [0, 0.05) is 31.1 Å². The summed E-state index contributed by atoms with van der Waals surface area (Å²) in [6, 6.07) is 0. The topological polar surface area (TPSA) is 66.9 Å². The fourth-order valence-corrected chi connectivity index (χ4v) is 1.25. The van der Waals surface area contributed by atoms with Crippen LogP contribution in [-0.2, 0) is 4.79 Å². The number of aromatic nitrogens is 2. The predicted molar refractivity (Wildman–Crippen MR) is 56.2 cm³/mol. The van der Waals surface area contributed by atoms with Crippen molar-refractivity contribution >= 4 is 11.7 Å². The van der Waals surface area contributed by atoms with Crippen LogP contribution >= 0.6 is 0 Å². The van der Waals surface area contributed by atoms with E-state index in [-0.39, 0.29) is 5.91 Å². The van der Waals surface area contributed by atoms with Gasteiger partial charge in [-0.15, -0.1) is 0 Å². The van der Waals surface area contributed by atoms with Crippen LogP contribution in [0.4, 0.5) is 5.82 Å². The highest BCUT2D eigenvalue weighted by Crippen LogP contribution is 2.10. The van der Waals surface area contributed by atoms with Crippen LogP contribution in [0.2, 0.25) is 0 Å². The molecule has 0 spiro atoms. The van der Waals surface area contributed by atoms with Gasteiger partial charge in [0.1, 0.15) is 0 Å². The normalized spacial score (nSPS) is 14.3. The Labute approximate surface area is 87.6 Å². The lowest BCUT2D eigenvalue weighted by Crippen LogP contribution is -2.36. The van der Waals surface area contributed by atoms with Gasteiger partial charge < -0.3 is 10.6 Å². The molecule has 2 heterocycles. The second-order valence-electron chi connectivity index (χ2n) is 3.38. The molecular formula is C10H12N4O. The Balaban J connectivity index is 2.04. The number of carbonyl (C=O) groups excluding carboxylic acids is 1. The summed E-state index contributed by atoms with van der Waals surface area (Å²) in [6.45, 7) is 3.43. The molecule has 0 bridgehead atoms. The lowest BCUT2D eigenvalue weighted by atomic mass is 10.0. The van der Waals surface area contributed by atoms with E-state index in [1.807, 2.05) is 6.92 Å². The molecule has 1 aliphatic rings. The first-order valence-corrected chi connectivity index (χ1v) is 4.74. The molecule has 78 valence electrons. The van der Waals surface area contributed by atoms with E-state index in [9.17, 15) is 4.79 Å². The summed E-state index contributed by atoms with van der Waals surface area (Å²) >= 11 is 0. The molecule has 1 aliphatic heterocycles. The van der Waals surface area contributed by atoms with Crippen molar-refractivity contribution in [1.29, 1.82) is 0 Å². The molecule has 5 nitrogen and oxygen atoms in total. The summed E-state index contributed by atoms with van der Waals surface area (Å²) in [5, 5.41) is 5.79. The first kappa shape index (κ1) is 9.79. The third-order valence-electron chi connectivity index (χ3n) is 2.35. The number of carbonyl (C=O) groups is 1. The molecular weight excluding hydrogens is 192 g/mol. The van der Waals surface area contributed by atoms with Crippen molar-refractivity contribution in [2.24, 2.45) is 0 Å². The quantitative estimate of drug-likeness (QED) is 0.681. The van der Waals surface area contributed by atoms with Crippen LogP contribution in [0.1, 0.15) is 6.92 Å². The molecule has 1 fully saturated rings. The van der Waals surface area contributed by atoms with Gasteiger partial charge in [-0.25, -0.2) is 4.98 Å². The maximum Gasteiger partial charge on any atom is 0.252 e. The van der Waals surface area contributed by atoms with Crippen molar-refractivity contribution < 1.29 is 4.79 Å². The van der Waals surface area contributed by atoms with Crippen LogP contribution in [0.3, 0.4) is 0 Å². The Morgan fingerprint density at radius 2 is 2.27 bits per heavy atom. The smallest absolute Gasteiger partial charge is 0.252 e. The number of nitrogens with zero attached hydrogens (tertiary/aromatic N) is 2. The molecule has 2 rings (SSSR count). The molecule has 1 saturated heterocycles. The second kappa shape index (κ2) is 4.18. The van der Waals surface area contributed by atoms with E-state index in [0.717, 1.165) is 24.2 Å². The third-order valence-corrected chi connectivity index (χ3v) is 2.35. The lowest BCUT2D eigenvalue weighted by Gasteiger charge is -2.21. The summed E-state index contributed by atoms with van der Waals surface area (Å²) < 4.78 is 0. The molecule has 0 radical (unpaired) electrons. The van der Waals surface area contributed by atoms with Crippen LogP contribution in [0.15, 0.2) is 29.7 Å². The van der Waals surface area contributed by atoms with Crippen molar-refractivity contribution in [3.63, 3.8) is 0 Å². The van der Waals surface area contributed by atoms with Gasteiger partial charge in [-0.2, -0.15) is 0 Å². The summed E-state index contributed by atoms with van der Waals surface area (Å²) in [6.07, 6.45) is 4.63. The lowest BCUT2D eigenvalue weighted by molar-refractivity contribution is -0.112. The van der Waals surface area contributed by atoms with Gasteiger partial charge in [0.15, 0.2) is 5.82 Å². The van der Waals surface area contributed by atoms with Crippen molar-refractivity contribution in [3.8, 4) is 0 Å². The number of nitrogens with one attached hydrogen (secondary N) is 2. The van der Waals surface area contributed by atoms with Gasteiger partial charge in [-0.1, -0.05) is 0 Å². The van der Waals surface area contributed by atoms with Crippen LogP contribution in [-0.4, -0.2) is 29.0 Å². The van der Waals surface area contributed by atoms with Crippen molar-refractivity contribution in [2.45, 2.75) is 6.92 Å². The monoisotopic (exact) mass is 204 g/mol. The number of anilines is 1. The minimum absolute atomic E-state index is 0.105. The average Bonchev–Trinajstić information content (AvgIpc) is 2.16. The minimum atomic E-state index is -0.105. The number of amides is 1. The molecule has 0 atom stereocenters. The molecule has 0 aliphatic carbocycles. The molecule has 0 unspecified atom stereocenters. The first-order valence-electron chi connectivity index (χ1n) is 4.74. The Kier molecular flexibility index (Phi) is 2.73. The third kappa shape index (κ3) is 2.19. The Bertz CT molecular complexity index is 393. The highest BCUT2D eigenvalue weighted by molar-refractivity contribution is 6.03. The SMILES string of the molecule is CC(C(=O)Nc1cnccn1)=C1CNC1. The largest absolute Gasteiger partial charge is 0.309 e. The molecule has 1 aromatic heterocycles. The van der Waals surface area contributed by atoms with Gasteiger partial charge in [0.25, 0.3) is 5.91 Å². The van der Waals surface area contributed by atoms with Gasteiger partial charge >= 0.3 is 0 Å². The number of rotatable bonds is 2. The standard InChI is InChI=1S/C10H12N4O/c1-7(8-4-12-5-8)10(15)14-9-6-11-2-3-13-9/h2-3,6,12H,4-5H2,1H3,(H,13,14,15). The van der Waals surface area contributed by atoms with Crippen LogP contribution in [0.25, 0.3) is 0 Å². The minimum Gasteiger partial charge on any atom is -0.309 e. The molecule has 0 saturated carbocycles. The molecule has 0 aromatic carbocycles. The molecule has 5 heteroatoms. The second-order valence-corrected chi connectivity index (χ2v) is 3.38. The molecule has 2 N–H and O–H groups in total. The van der Waals surface area contributed by atoms with E-state index in [4.69, 9.17) is 0 Å². The van der Waals surface area contributed by atoms with Crippen LogP contribution < -0.4 is 10.6 Å². The van der Waals surface area contributed by atoms with Gasteiger partial charge in [-0.3, -0.25) is 9.78 Å². The van der Waals surface area contributed by atoms with Crippen molar-refractivity contribution in [3.05, 3.63) is 29.7 Å². The van der Waals surface area contributed by atoms with E-state index in [0.29, 0.717) is 5.82 Å². The van der Waals surface area contributed by atoms with Crippen molar-refractivity contribution in [1.82, 2.24) is 15.3 Å². The first-order chi connectivity index (χ1) is 7.27. The van der Waals surface area contributed by atoms with E-state index in [2.05, 4.69) is 20.6 Å². The average molecular weight is 204 g/mol. The summed E-state index contributed by atoms with van der Waals surface area (Å²) in [5.74, 6) is 0.377. The fourth-order valence-electron chi connectivity index (χ4n) is 1.25. The molecule has 1 amide bonds. The van der Waals surface area contributed by atoms with E-state index in [1.165, 1.54) is 6.20 Å². The Morgan fingerprint density at radius 1 is 1.47 bits per heavy atom. The van der Waals surface area contributed by atoms with E-state index < -0.39 is 0 Å². The summed E-state index contributed by atoms with van der Waals surface area (Å²) in [5.41, 5.74) is 1.91. The van der Waals surface area contributed by atoms with Crippen LogP contribution in [0, 0.1) is 0 Å². The number of hydrogen-bond donors (Lipinski definition) is 2. The molecule has 15 heavy (non-hydrogen) atoms. The van der Waals surface area contributed by atoms with Gasteiger partial charge in [0.05, 0.1) is 6.20 Å². The zero-order chi connectivity index (χ0) is 10.7.